The Morgan fingerprint density at radius 2 is 1.86 bits per heavy atom. The van der Waals surface area contributed by atoms with Crippen molar-refractivity contribution >= 4 is 17.5 Å². The SMILES string of the molecule is O=C(Nc1cccc(-c2ccnc(NCc3ccc(F)cc3)n2)c1)C1CCCC1. The average molecular weight is 390 g/mol. The van der Waals surface area contributed by atoms with Crippen molar-refractivity contribution in [3.63, 3.8) is 0 Å². The summed E-state index contributed by atoms with van der Waals surface area (Å²) >= 11 is 0. The van der Waals surface area contributed by atoms with Crippen LogP contribution in [-0.4, -0.2) is 15.9 Å². The summed E-state index contributed by atoms with van der Waals surface area (Å²) in [5.41, 5.74) is 3.39. The van der Waals surface area contributed by atoms with E-state index in [0.717, 1.165) is 48.2 Å². The molecule has 1 heterocycles. The van der Waals surface area contributed by atoms with Gasteiger partial charge in [-0.15, -0.1) is 0 Å². The second kappa shape index (κ2) is 8.82. The van der Waals surface area contributed by atoms with Gasteiger partial charge in [0.05, 0.1) is 5.69 Å². The summed E-state index contributed by atoms with van der Waals surface area (Å²) in [6.45, 7) is 0.501. The maximum absolute atomic E-state index is 13.0. The van der Waals surface area contributed by atoms with Gasteiger partial charge in [-0.25, -0.2) is 14.4 Å². The van der Waals surface area contributed by atoms with Crippen molar-refractivity contribution in [3.05, 3.63) is 72.2 Å². The van der Waals surface area contributed by atoms with Gasteiger partial charge >= 0.3 is 0 Å². The summed E-state index contributed by atoms with van der Waals surface area (Å²) in [7, 11) is 0. The Morgan fingerprint density at radius 3 is 2.66 bits per heavy atom. The maximum Gasteiger partial charge on any atom is 0.227 e. The van der Waals surface area contributed by atoms with Crippen LogP contribution in [0.1, 0.15) is 31.2 Å². The van der Waals surface area contributed by atoms with E-state index in [9.17, 15) is 9.18 Å². The van der Waals surface area contributed by atoms with Crippen LogP contribution in [-0.2, 0) is 11.3 Å². The molecule has 0 saturated heterocycles. The van der Waals surface area contributed by atoms with Crippen molar-refractivity contribution < 1.29 is 9.18 Å². The summed E-state index contributed by atoms with van der Waals surface area (Å²) in [6.07, 6.45) is 5.90. The highest BCUT2D eigenvalue weighted by Crippen LogP contribution is 2.27. The van der Waals surface area contributed by atoms with Gasteiger partial charge in [0.25, 0.3) is 0 Å². The van der Waals surface area contributed by atoms with E-state index in [0.29, 0.717) is 12.5 Å². The minimum Gasteiger partial charge on any atom is -0.350 e. The third kappa shape index (κ3) is 4.96. The Kier molecular flexibility index (Phi) is 5.79. The van der Waals surface area contributed by atoms with Crippen LogP contribution in [0.25, 0.3) is 11.3 Å². The number of hydrogen-bond acceptors (Lipinski definition) is 4. The first-order valence-electron chi connectivity index (χ1n) is 9.90. The first-order chi connectivity index (χ1) is 14.2. The second-order valence-corrected chi connectivity index (χ2v) is 7.30. The highest BCUT2D eigenvalue weighted by atomic mass is 19.1. The molecule has 1 amide bonds. The molecule has 148 valence electrons. The molecule has 5 nitrogen and oxygen atoms in total. The molecular weight excluding hydrogens is 367 g/mol. The van der Waals surface area contributed by atoms with E-state index in [2.05, 4.69) is 20.6 Å². The number of anilines is 2. The van der Waals surface area contributed by atoms with Crippen LogP contribution in [0.3, 0.4) is 0 Å². The highest BCUT2D eigenvalue weighted by molar-refractivity contribution is 5.93. The van der Waals surface area contributed by atoms with E-state index >= 15 is 0 Å². The molecular formula is C23H23FN4O. The van der Waals surface area contributed by atoms with E-state index in [1.807, 2.05) is 30.3 Å². The van der Waals surface area contributed by atoms with Crippen molar-refractivity contribution in [2.75, 3.05) is 10.6 Å². The van der Waals surface area contributed by atoms with Gasteiger partial charge in [0.1, 0.15) is 5.82 Å². The molecule has 1 saturated carbocycles. The number of halogens is 1. The Bertz CT molecular complexity index is 984. The molecule has 0 aliphatic heterocycles. The number of carbonyl (C=O) groups excluding carboxylic acids is 1. The minimum atomic E-state index is -0.257. The molecule has 4 rings (SSSR count). The topological polar surface area (TPSA) is 66.9 Å². The Hall–Kier alpha value is -3.28. The van der Waals surface area contributed by atoms with Gasteiger partial charge in [-0.05, 0) is 48.7 Å². The number of amides is 1. The van der Waals surface area contributed by atoms with Crippen molar-refractivity contribution in [1.29, 1.82) is 0 Å². The average Bonchev–Trinajstić information content (AvgIpc) is 3.29. The van der Waals surface area contributed by atoms with Gasteiger partial charge in [-0.3, -0.25) is 4.79 Å². The molecule has 0 unspecified atom stereocenters. The third-order valence-electron chi connectivity index (χ3n) is 5.17. The molecule has 0 spiro atoms. The fourth-order valence-corrected chi connectivity index (χ4v) is 3.58. The van der Waals surface area contributed by atoms with Crippen LogP contribution in [0, 0.1) is 11.7 Å². The Labute approximate surface area is 169 Å². The lowest BCUT2D eigenvalue weighted by atomic mass is 10.1. The summed E-state index contributed by atoms with van der Waals surface area (Å²) in [5.74, 6) is 0.461. The first-order valence-corrected chi connectivity index (χ1v) is 9.90. The van der Waals surface area contributed by atoms with E-state index in [4.69, 9.17) is 0 Å². The lowest BCUT2D eigenvalue weighted by Gasteiger charge is -2.12. The molecule has 0 bridgehead atoms. The van der Waals surface area contributed by atoms with Gasteiger partial charge in [-0.1, -0.05) is 37.1 Å². The van der Waals surface area contributed by atoms with Crippen LogP contribution in [0.15, 0.2) is 60.8 Å². The molecule has 29 heavy (non-hydrogen) atoms. The summed E-state index contributed by atoms with van der Waals surface area (Å²) in [6, 6.07) is 15.8. The molecule has 2 aromatic carbocycles. The second-order valence-electron chi connectivity index (χ2n) is 7.30. The lowest BCUT2D eigenvalue weighted by molar-refractivity contribution is -0.119. The molecule has 1 aliphatic carbocycles. The van der Waals surface area contributed by atoms with Crippen LogP contribution >= 0.6 is 0 Å². The zero-order valence-corrected chi connectivity index (χ0v) is 16.1. The van der Waals surface area contributed by atoms with Gasteiger partial charge in [0.2, 0.25) is 11.9 Å². The third-order valence-corrected chi connectivity index (χ3v) is 5.17. The monoisotopic (exact) mass is 390 g/mol. The molecule has 0 radical (unpaired) electrons. The van der Waals surface area contributed by atoms with Crippen molar-refractivity contribution in [3.8, 4) is 11.3 Å². The first kappa shape index (κ1) is 19.1. The Morgan fingerprint density at radius 1 is 1.07 bits per heavy atom. The minimum absolute atomic E-state index is 0.101. The van der Waals surface area contributed by atoms with Crippen LogP contribution in [0.5, 0.6) is 0 Å². The van der Waals surface area contributed by atoms with Crippen molar-refractivity contribution in [2.45, 2.75) is 32.2 Å². The van der Waals surface area contributed by atoms with E-state index in [1.54, 1.807) is 18.3 Å². The smallest absolute Gasteiger partial charge is 0.227 e. The lowest BCUT2D eigenvalue weighted by Crippen LogP contribution is -2.20. The van der Waals surface area contributed by atoms with Crippen molar-refractivity contribution in [1.82, 2.24) is 9.97 Å². The summed E-state index contributed by atoms with van der Waals surface area (Å²) in [5, 5.41) is 6.19. The van der Waals surface area contributed by atoms with Crippen LogP contribution in [0.4, 0.5) is 16.0 Å². The molecule has 1 aliphatic rings. The molecule has 0 atom stereocenters. The number of carbonyl (C=O) groups is 1. The normalized spacial score (nSPS) is 14.0. The highest BCUT2D eigenvalue weighted by Gasteiger charge is 2.22. The van der Waals surface area contributed by atoms with Crippen molar-refractivity contribution in [2.24, 2.45) is 5.92 Å². The predicted octanol–water partition coefficient (Wildman–Crippen LogP) is 5.02. The number of nitrogens with zero attached hydrogens (tertiary/aromatic N) is 2. The maximum atomic E-state index is 13.0. The van der Waals surface area contributed by atoms with Crippen LogP contribution < -0.4 is 10.6 Å². The van der Waals surface area contributed by atoms with E-state index in [1.165, 1.54) is 12.1 Å². The zero-order chi connectivity index (χ0) is 20.1. The summed E-state index contributed by atoms with van der Waals surface area (Å²) < 4.78 is 13.0. The molecule has 1 aromatic heterocycles. The van der Waals surface area contributed by atoms with Crippen LogP contribution in [0.2, 0.25) is 0 Å². The molecule has 6 heteroatoms. The molecule has 1 fully saturated rings. The predicted molar refractivity (Wildman–Crippen MR) is 112 cm³/mol. The molecule has 3 aromatic rings. The van der Waals surface area contributed by atoms with E-state index < -0.39 is 0 Å². The Balaban J connectivity index is 1.44. The molecule has 2 N–H and O–H groups in total. The standard InChI is InChI=1S/C23H23FN4O/c24-19-10-8-16(9-11-19)15-26-23-25-13-12-21(28-23)18-6-3-7-20(14-18)27-22(29)17-4-1-2-5-17/h3,6-14,17H,1-2,4-5,15H2,(H,27,29)(H,25,26,28). The fourth-order valence-electron chi connectivity index (χ4n) is 3.58. The van der Waals surface area contributed by atoms with Gasteiger partial charge in [0, 0.05) is 29.9 Å². The quantitative estimate of drug-likeness (QED) is 0.620. The number of benzene rings is 2. The van der Waals surface area contributed by atoms with Gasteiger partial charge < -0.3 is 10.6 Å². The van der Waals surface area contributed by atoms with Gasteiger partial charge in [-0.2, -0.15) is 0 Å². The number of nitrogens with one attached hydrogen (secondary N) is 2. The largest absolute Gasteiger partial charge is 0.350 e. The number of aromatic nitrogens is 2. The fraction of sp³-hybridized carbons (Fsp3) is 0.261. The van der Waals surface area contributed by atoms with Gasteiger partial charge in [0.15, 0.2) is 0 Å². The van der Waals surface area contributed by atoms with E-state index in [-0.39, 0.29) is 17.6 Å². The number of hydrogen-bond donors (Lipinski definition) is 2. The summed E-state index contributed by atoms with van der Waals surface area (Å²) in [4.78, 5) is 21.2. The number of rotatable bonds is 6. The zero-order valence-electron chi connectivity index (χ0n) is 16.1.